The predicted octanol–water partition coefficient (Wildman–Crippen LogP) is 2.33. The number of aliphatic imine (C=N–C) groups is 1. The lowest BCUT2D eigenvalue weighted by molar-refractivity contribution is 0.203. The van der Waals surface area contributed by atoms with Crippen LogP contribution in [0.5, 0.6) is 0 Å². The molecule has 0 aliphatic heterocycles. The molecule has 1 rings (SSSR count). The fourth-order valence-corrected chi connectivity index (χ4v) is 2.08. The van der Waals surface area contributed by atoms with Gasteiger partial charge in [0, 0.05) is 46.0 Å². The van der Waals surface area contributed by atoms with Gasteiger partial charge in [-0.3, -0.25) is 4.99 Å². The van der Waals surface area contributed by atoms with E-state index in [2.05, 4.69) is 57.8 Å². The van der Waals surface area contributed by atoms with Crippen LogP contribution in [0.3, 0.4) is 0 Å². The zero-order valence-corrected chi connectivity index (χ0v) is 16.2. The Balaban J connectivity index is 0.00000441. The Morgan fingerprint density at radius 2 is 1.86 bits per heavy atom. The molecule has 0 aliphatic carbocycles. The Labute approximate surface area is 151 Å². The highest BCUT2D eigenvalue weighted by Crippen LogP contribution is 2.12. The van der Waals surface area contributed by atoms with Gasteiger partial charge in [-0.05, 0) is 25.5 Å². The van der Waals surface area contributed by atoms with Crippen molar-refractivity contribution in [2.45, 2.75) is 13.3 Å². The molecule has 0 spiro atoms. The van der Waals surface area contributed by atoms with Gasteiger partial charge in [-0.15, -0.1) is 24.0 Å². The number of nitrogens with one attached hydrogen (secondary N) is 2. The number of guanidine groups is 1. The molecule has 22 heavy (non-hydrogen) atoms. The van der Waals surface area contributed by atoms with Crippen LogP contribution < -0.4 is 15.5 Å². The Kier molecular flexibility index (Phi) is 13.0. The van der Waals surface area contributed by atoms with E-state index >= 15 is 0 Å². The smallest absolute Gasteiger partial charge is 0.191 e. The number of ether oxygens (including phenoxy) is 1. The van der Waals surface area contributed by atoms with Crippen molar-refractivity contribution in [3.05, 3.63) is 30.3 Å². The molecule has 0 amide bonds. The average molecular weight is 420 g/mol. The SMILES string of the molecule is CCN(CCCNC(=NC)NCCOC)c1ccccc1.I. The fraction of sp³-hybridized carbons (Fsp3) is 0.562. The van der Waals surface area contributed by atoms with Crippen LogP contribution in [0, 0.1) is 0 Å². The van der Waals surface area contributed by atoms with Gasteiger partial charge in [0.2, 0.25) is 0 Å². The maximum atomic E-state index is 5.01. The molecule has 0 unspecified atom stereocenters. The maximum absolute atomic E-state index is 5.01. The molecule has 1 aromatic carbocycles. The quantitative estimate of drug-likeness (QED) is 0.279. The van der Waals surface area contributed by atoms with Crippen molar-refractivity contribution in [1.82, 2.24) is 10.6 Å². The molecule has 0 radical (unpaired) electrons. The molecule has 1 aromatic rings. The van der Waals surface area contributed by atoms with E-state index in [1.54, 1.807) is 14.2 Å². The van der Waals surface area contributed by atoms with Crippen molar-refractivity contribution in [2.75, 3.05) is 51.8 Å². The number of nitrogens with zero attached hydrogens (tertiary/aromatic N) is 2. The van der Waals surface area contributed by atoms with Gasteiger partial charge in [0.05, 0.1) is 6.61 Å². The van der Waals surface area contributed by atoms with E-state index in [1.807, 2.05) is 0 Å². The second-order valence-corrected chi connectivity index (χ2v) is 4.69. The number of halogens is 1. The summed E-state index contributed by atoms with van der Waals surface area (Å²) in [6.07, 6.45) is 1.06. The van der Waals surface area contributed by atoms with E-state index in [1.165, 1.54) is 5.69 Å². The second kappa shape index (κ2) is 13.6. The number of hydrogen-bond acceptors (Lipinski definition) is 3. The fourth-order valence-electron chi connectivity index (χ4n) is 2.08. The number of para-hydroxylation sites is 1. The molecule has 0 saturated heterocycles. The van der Waals surface area contributed by atoms with Crippen molar-refractivity contribution in [3.63, 3.8) is 0 Å². The predicted molar refractivity (Wildman–Crippen MR) is 106 cm³/mol. The lowest BCUT2D eigenvalue weighted by Gasteiger charge is -2.23. The van der Waals surface area contributed by atoms with Crippen molar-refractivity contribution < 1.29 is 4.74 Å². The van der Waals surface area contributed by atoms with Gasteiger partial charge in [-0.25, -0.2) is 0 Å². The third-order valence-electron chi connectivity index (χ3n) is 3.22. The van der Waals surface area contributed by atoms with Crippen LogP contribution in [0.15, 0.2) is 35.3 Å². The highest BCUT2D eigenvalue weighted by atomic mass is 127. The van der Waals surface area contributed by atoms with E-state index in [0.29, 0.717) is 6.61 Å². The maximum Gasteiger partial charge on any atom is 0.191 e. The van der Waals surface area contributed by atoms with Crippen molar-refractivity contribution in [1.29, 1.82) is 0 Å². The molecule has 126 valence electrons. The number of benzene rings is 1. The van der Waals surface area contributed by atoms with Gasteiger partial charge >= 0.3 is 0 Å². The minimum absolute atomic E-state index is 0. The molecule has 0 bridgehead atoms. The van der Waals surface area contributed by atoms with E-state index in [9.17, 15) is 0 Å². The van der Waals surface area contributed by atoms with Gasteiger partial charge in [-0.1, -0.05) is 18.2 Å². The molecule has 0 fully saturated rings. The third-order valence-corrected chi connectivity index (χ3v) is 3.22. The molecule has 2 N–H and O–H groups in total. The van der Waals surface area contributed by atoms with Crippen LogP contribution in [0.1, 0.15) is 13.3 Å². The Morgan fingerprint density at radius 3 is 2.45 bits per heavy atom. The summed E-state index contributed by atoms with van der Waals surface area (Å²) in [7, 11) is 3.48. The topological polar surface area (TPSA) is 48.9 Å². The summed E-state index contributed by atoms with van der Waals surface area (Å²) >= 11 is 0. The largest absolute Gasteiger partial charge is 0.383 e. The first-order valence-electron chi connectivity index (χ1n) is 7.55. The summed E-state index contributed by atoms with van der Waals surface area (Å²) in [5.74, 6) is 0.829. The molecule has 0 atom stereocenters. The summed E-state index contributed by atoms with van der Waals surface area (Å²) < 4.78 is 5.01. The van der Waals surface area contributed by atoms with Crippen LogP contribution in [0.25, 0.3) is 0 Å². The van der Waals surface area contributed by atoms with Crippen molar-refractivity contribution in [2.24, 2.45) is 4.99 Å². The zero-order valence-electron chi connectivity index (χ0n) is 13.8. The highest BCUT2D eigenvalue weighted by molar-refractivity contribution is 14.0. The van der Waals surface area contributed by atoms with E-state index in [0.717, 1.165) is 38.6 Å². The Hall–Kier alpha value is -1.02. The summed E-state index contributed by atoms with van der Waals surface area (Å²) in [6.45, 7) is 6.58. The molecule has 0 aromatic heterocycles. The van der Waals surface area contributed by atoms with Crippen molar-refractivity contribution >= 4 is 35.6 Å². The normalized spacial score (nSPS) is 10.8. The van der Waals surface area contributed by atoms with Gasteiger partial charge in [0.1, 0.15) is 0 Å². The molecule has 0 saturated carbocycles. The number of methoxy groups -OCH3 is 1. The summed E-state index contributed by atoms with van der Waals surface area (Å²) in [5, 5.41) is 6.52. The minimum Gasteiger partial charge on any atom is -0.383 e. The molecule has 0 aliphatic rings. The average Bonchev–Trinajstić information content (AvgIpc) is 2.54. The van der Waals surface area contributed by atoms with Crippen LogP contribution in [0.2, 0.25) is 0 Å². The first-order chi connectivity index (χ1) is 10.3. The van der Waals surface area contributed by atoms with Gasteiger partial charge in [-0.2, -0.15) is 0 Å². The summed E-state index contributed by atoms with van der Waals surface area (Å²) in [6, 6.07) is 10.5. The molecule has 5 nitrogen and oxygen atoms in total. The Bertz CT molecular complexity index is 400. The lowest BCUT2D eigenvalue weighted by atomic mass is 10.2. The minimum atomic E-state index is 0. The van der Waals surface area contributed by atoms with Crippen molar-refractivity contribution in [3.8, 4) is 0 Å². The van der Waals surface area contributed by atoms with Crippen LogP contribution in [0.4, 0.5) is 5.69 Å². The summed E-state index contributed by atoms with van der Waals surface area (Å²) in [5.41, 5.74) is 1.28. The van der Waals surface area contributed by atoms with E-state index < -0.39 is 0 Å². The number of anilines is 1. The van der Waals surface area contributed by atoms with Gasteiger partial charge in [0.25, 0.3) is 0 Å². The van der Waals surface area contributed by atoms with Gasteiger partial charge in [0.15, 0.2) is 5.96 Å². The zero-order chi connectivity index (χ0) is 15.3. The lowest BCUT2D eigenvalue weighted by Crippen LogP contribution is -2.40. The first-order valence-corrected chi connectivity index (χ1v) is 7.55. The van der Waals surface area contributed by atoms with E-state index in [-0.39, 0.29) is 24.0 Å². The number of hydrogen-bond donors (Lipinski definition) is 2. The van der Waals surface area contributed by atoms with Crippen LogP contribution in [-0.4, -0.2) is 52.9 Å². The Morgan fingerprint density at radius 1 is 1.18 bits per heavy atom. The monoisotopic (exact) mass is 420 g/mol. The van der Waals surface area contributed by atoms with E-state index in [4.69, 9.17) is 4.74 Å². The third kappa shape index (κ3) is 8.43. The standard InChI is InChI=1S/C16H28N4O.HI/c1-4-20(15-9-6-5-7-10-15)13-8-11-18-16(17-2)19-12-14-21-3;/h5-7,9-10H,4,8,11-14H2,1-3H3,(H2,17,18,19);1H. The van der Waals surface area contributed by atoms with Crippen LogP contribution in [-0.2, 0) is 4.74 Å². The van der Waals surface area contributed by atoms with Crippen LogP contribution >= 0.6 is 24.0 Å². The molecular formula is C16H29IN4O. The molecular weight excluding hydrogens is 391 g/mol. The number of rotatable bonds is 9. The van der Waals surface area contributed by atoms with Gasteiger partial charge < -0.3 is 20.3 Å². The second-order valence-electron chi connectivity index (χ2n) is 4.69. The molecule has 0 heterocycles. The highest BCUT2D eigenvalue weighted by Gasteiger charge is 2.03. The molecule has 6 heteroatoms. The first kappa shape index (κ1) is 21.0. The summed E-state index contributed by atoms with van der Waals surface area (Å²) in [4.78, 5) is 6.56.